The summed E-state index contributed by atoms with van der Waals surface area (Å²) >= 11 is 0. The van der Waals surface area contributed by atoms with Gasteiger partial charge in [0, 0.05) is 44.9 Å². The molecular weight excluding hydrogens is 577 g/mol. The number of hydrogen-bond donors (Lipinski definition) is 1. The van der Waals surface area contributed by atoms with Crippen LogP contribution in [0.15, 0.2) is 55.6 Å². The molecule has 0 saturated heterocycles. The number of rotatable bonds is 7. The van der Waals surface area contributed by atoms with Crippen LogP contribution in [0.5, 0.6) is 0 Å². The number of carbonyl (C=O) groups excluding carboxylic acids is 2. The summed E-state index contributed by atoms with van der Waals surface area (Å²) in [6, 6.07) is 6.89. The summed E-state index contributed by atoms with van der Waals surface area (Å²) in [7, 11) is 1.24. The third kappa shape index (κ3) is 4.80. The number of alkyl halides is 3. The van der Waals surface area contributed by atoms with Crippen molar-refractivity contribution in [3.05, 3.63) is 79.8 Å². The van der Waals surface area contributed by atoms with Crippen molar-refractivity contribution in [2.45, 2.75) is 32.3 Å². The Balaban J connectivity index is 1.60. The summed E-state index contributed by atoms with van der Waals surface area (Å²) in [6.45, 7) is 3.08. The van der Waals surface area contributed by atoms with Crippen molar-refractivity contribution < 1.29 is 31.9 Å². The Morgan fingerprint density at radius 3 is 2.56 bits per heavy atom. The third-order valence-corrected chi connectivity index (χ3v) is 7.23. The van der Waals surface area contributed by atoms with Crippen LogP contribution in [0, 0.1) is 6.92 Å². The number of Topliss-reactive ketones (excluding diaryl/α,β-unsaturated/α-hetero) is 1. The molecule has 0 spiro atoms. The highest BCUT2D eigenvalue weighted by Crippen LogP contribution is 2.32. The second kappa shape index (κ2) is 10.3. The molecule has 2 aliphatic rings. The van der Waals surface area contributed by atoms with E-state index < -0.39 is 35.4 Å². The number of nitrogens with zero attached hydrogens (tertiary/aromatic N) is 7. The summed E-state index contributed by atoms with van der Waals surface area (Å²) in [4.78, 5) is 59.6. The molecule has 0 amide bonds. The molecule has 2 aliphatic heterocycles. The molecule has 0 saturated carbocycles. The first-order valence-electron chi connectivity index (χ1n) is 13.0. The number of halogens is 3. The number of imidazole rings is 1. The molecule has 3 aromatic heterocycles. The Morgan fingerprint density at radius 2 is 1.88 bits per heavy atom. The average molecular weight is 601 g/mol. The second-order valence-corrected chi connectivity index (χ2v) is 9.94. The van der Waals surface area contributed by atoms with Crippen molar-refractivity contribution in [2.24, 2.45) is 7.05 Å². The normalized spacial score (nSPS) is 15.8. The summed E-state index contributed by atoms with van der Waals surface area (Å²) < 4.78 is 52.5. The number of benzene rings is 1. The lowest BCUT2D eigenvalue weighted by Gasteiger charge is -2.21. The Morgan fingerprint density at radius 1 is 1.14 bits per heavy atom. The monoisotopic (exact) mass is 600 g/mol. The van der Waals surface area contributed by atoms with Gasteiger partial charge < -0.3 is 19.4 Å². The van der Waals surface area contributed by atoms with E-state index in [2.05, 4.69) is 25.2 Å². The SMILES string of the molecule is Cc1nnc(Cn2c(N3CCC4=C3CNC4)nc3c2c(=O)n(C(OC(=O)C(F)(F)F)C(=O)c2ccccc2)c(=O)n3C)o1. The van der Waals surface area contributed by atoms with Crippen LogP contribution in [0.4, 0.5) is 19.1 Å². The number of fused-ring (bicyclic) bond motifs is 1. The molecule has 5 heterocycles. The molecule has 0 fully saturated rings. The number of ether oxygens (including phenoxy) is 1. The topological polar surface area (TPSA) is 159 Å². The number of nitrogens with one attached hydrogen (secondary N) is 1. The lowest BCUT2D eigenvalue weighted by Crippen LogP contribution is -2.46. The van der Waals surface area contributed by atoms with Gasteiger partial charge in [-0.25, -0.2) is 14.2 Å². The third-order valence-electron chi connectivity index (χ3n) is 7.23. The zero-order valence-corrected chi connectivity index (χ0v) is 22.7. The first-order valence-corrected chi connectivity index (χ1v) is 13.0. The van der Waals surface area contributed by atoms with E-state index >= 15 is 0 Å². The van der Waals surface area contributed by atoms with Crippen LogP contribution in [0.2, 0.25) is 0 Å². The Labute approximate surface area is 239 Å². The minimum Gasteiger partial charge on any atom is -0.426 e. The molecule has 224 valence electrons. The zero-order valence-electron chi connectivity index (χ0n) is 22.7. The van der Waals surface area contributed by atoms with Crippen LogP contribution in [-0.2, 0) is 23.1 Å². The summed E-state index contributed by atoms with van der Waals surface area (Å²) in [5.74, 6) is -3.41. The zero-order chi connectivity index (χ0) is 30.6. The van der Waals surface area contributed by atoms with Crippen molar-refractivity contribution in [1.82, 2.24) is 34.2 Å². The van der Waals surface area contributed by atoms with Gasteiger partial charge in [-0.05, 0) is 12.0 Å². The first-order chi connectivity index (χ1) is 20.5. The number of anilines is 1. The highest BCUT2D eigenvalue weighted by Gasteiger charge is 2.45. The lowest BCUT2D eigenvalue weighted by molar-refractivity contribution is -0.206. The quantitative estimate of drug-likeness (QED) is 0.240. The fourth-order valence-electron chi connectivity index (χ4n) is 5.24. The molecule has 0 radical (unpaired) electrons. The Hall–Kier alpha value is -5.06. The Bertz CT molecular complexity index is 1920. The summed E-state index contributed by atoms with van der Waals surface area (Å²) in [5.41, 5.74) is -0.943. The van der Waals surface area contributed by atoms with E-state index in [1.54, 1.807) is 13.0 Å². The van der Waals surface area contributed by atoms with Crippen molar-refractivity contribution >= 4 is 28.9 Å². The maximum Gasteiger partial charge on any atom is 0.491 e. The van der Waals surface area contributed by atoms with Crippen molar-refractivity contribution in [1.29, 1.82) is 0 Å². The highest BCUT2D eigenvalue weighted by atomic mass is 19.4. The molecule has 0 bridgehead atoms. The minimum atomic E-state index is -5.52. The number of ketones is 1. The van der Waals surface area contributed by atoms with Gasteiger partial charge in [-0.2, -0.15) is 18.2 Å². The van der Waals surface area contributed by atoms with E-state index in [0.717, 1.165) is 22.3 Å². The maximum atomic E-state index is 14.1. The Kier molecular flexibility index (Phi) is 6.75. The van der Waals surface area contributed by atoms with E-state index in [-0.39, 0.29) is 45.6 Å². The summed E-state index contributed by atoms with van der Waals surface area (Å²) in [5, 5.41) is 11.1. The fourth-order valence-corrected chi connectivity index (χ4v) is 5.24. The van der Waals surface area contributed by atoms with Crippen LogP contribution in [0.1, 0.15) is 34.8 Å². The highest BCUT2D eigenvalue weighted by molar-refractivity contribution is 5.99. The predicted molar refractivity (Wildman–Crippen MR) is 141 cm³/mol. The van der Waals surface area contributed by atoms with Gasteiger partial charge >= 0.3 is 17.8 Å². The fraction of sp³-hybridized carbons (Fsp3) is 0.346. The van der Waals surface area contributed by atoms with Gasteiger partial charge in [0.1, 0.15) is 6.54 Å². The predicted octanol–water partition coefficient (Wildman–Crippen LogP) is 1.19. The molecule has 17 heteroatoms. The van der Waals surface area contributed by atoms with E-state index in [1.807, 2.05) is 4.90 Å². The van der Waals surface area contributed by atoms with Crippen molar-refractivity contribution in [2.75, 3.05) is 24.5 Å². The van der Waals surface area contributed by atoms with Gasteiger partial charge in [-0.3, -0.25) is 18.7 Å². The van der Waals surface area contributed by atoms with Gasteiger partial charge in [0.15, 0.2) is 11.2 Å². The summed E-state index contributed by atoms with van der Waals surface area (Å²) in [6.07, 6.45) is -7.38. The minimum absolute atomic E-state index is 0.0798. The number of esters is 1. The maximum absolute atomic E-state index is 14.1. The molecule has 1 N–H and O–H groups in total. The average Bonchev–Trinajstić information content (AvgIpc) is 3.76. The molecule has 4 aromatic rings. The molecule has 14 nitrogen and oxygen atoms in total. The molecule has 1 aromatic carbocycles. The standard InChI is InChI=1S/C26H23F3N8O6/c1-13-32-33-17(42-13)12-36-18-20(31-24(36)35-9-8-15-10-30-11-16(15)35)34(2)25(41)37(21(18)39)22(43-23(40)26(27,28)29)19(38)14-6-4-3-5-7-14/h3-7,22,30H,8-12H2,1-2H3. The van der Waals surface area contributed by atoms with Crippen LogP contribution in [0.3, 0.4) is 0 Å². The molecule has 1 unspecified atom stereocenters. The van der Waals surface area contributed by atoms with Gasteiger partial charge in [0.05, 0.1) is 0 Å². The van der Waals surface area contributed by atoms with Crippen LogP contribution < -0.4 is 21.5 Å². The van der Waals surface area contributed by atoms with Crippen LogP contribution in [-0.4, -0.2) is 66.4 Å². The van der Waals surface area contributed by atoms with E-state index in [1.165, 1.54) is 35.9 Å². The van der Waals surface area contributed by atoms with E-state index in [9.17, 15) is 32.3 Å². The number of aryl methyl sites for hydroxylation is 2. The molecule has 43 heavy (non-hydrogen) atoms. The second-order valence-electron chi connectivity index (χ2n) is 9.94. The largest absolute Gasteiger partial charge is 0.491 e. The van der Waals surface area contributed by atoms with Crippen LogP contribution in [0.25, 0.3) is 11.2 Å². The molecular formula is C26H23F3N8O6. The van der Waals surface area contributed by atoms with Crippen molar-refractivity contribution in [3.8, 4) is 0 Å². The van der Waals surface area contributed by atoms with Gasteiger partial charge in [-0.15, -0.1) is 10.2 Å². The molecule has 6 rings (SSSR count). The lowest BCUT2D eigenvalue weighted by atomic mass is 10.1. The van der Waals surface area contributed by atoms with Gasteiger partial charge in [0.2, 0.25) is 29.7 Å². The van der Waals surface area contributed by atoms with E-state index in [0.29, 0.717) is 19.6 Å². The number of hydrogen-bond acceptors (Lipinski definition) is 11. The molecule has 1 atom stereocenters. The van der Waals surface area contributed by atoms with E-state index in [4.69, 9.17) is 4.42 Å². The first kappa shape index (κ1) is 28.1. The van der Waals surface area contributed by atoms with Gasteiger partial charge in [-0.1, -0.05) is 30.3 Å². The van der Waals surface area contributed by atoms with Crippen LogP contribution >= 0.6 is 0 Å². The van der Waals surface area contributed by atoms with Crippen molar-refractivity contribution in [3.63, 3.8) is 0 Å². The number of aromatic nitrogens is 6. The van der Waals surface area contributed by atoms with Gasteiger partial charge in [0.25, 0.3) is 5.56 Å². The number of carbonyl (C=O) groups is 2. The smallest absolute Gasteiger partial charge is 0.426 e. The molecule has 0 aliphatic carbocycles.